The van der Waals surface area contributed by atoms with E-state index in [1.165, 1.54) is 39.9 Å². The summed E-state index contributed by atoms with van der Waals surface area (Å²) < 4.78 is 19.1. The van der Waals surface area contributed by atoms with Gasteiger partial charge in [-0.2, -0.15) is 0 Å². The lowest BCUT2D eigenvalue weighted by atomic mass is 9.66. The fourth-order valence-corrected chi connectivity index (χ4v) is 7.98. The second kappa shape index (κ2) is 17.6. The standard InChI is InChI=1S/C43H54FN3O2/c1-33-31-35-23-30-47-43(26-9-10-28-45,39(35)32-40(33)49-2)27-11-24-42(36-13-5-3-6-14-36,37-15-7-4-8-16-37)25-12-29-46-41(48)22-19-34-17-20-38(44)21-18-34/h3-8,13-18,20-21,31-32,47H,9-12,19,22-30,45H2,1-2H3,(H,46,48). The normalized spacial score (nSPS) is 15.8. The van der Waals surface area contributed by atoms with Crippen molar-refractivity contribution < 1.29 is 13.9 Å². The number of ether oxygens (including phenoxy) is 1. The van der Waals surface area contributed by atoms with Crippen molar-refractivity contribution in [1.82, 2.24) is 10.6 Å². The molecule has 0 radical (unpaired) electrons. The number of amides is 1. The van der Waals surface area contributed by atoms with Gasteiger partial charge in [0.05, 0.1) is 7.11 Å². The highest BCUT2D eigenvalue weighted by Crippen LogP contribution is 2.45. The molecule has 260 valence electrons. The van der Waals surface area contributed by atoms with Gasteiger partial charge in [-0.25, -0.2) is 4.39 Å². The second-order valence-electron chi connectivity index (χ2n) is 13.7. The molecule has 0 fully saturated rings. The minimum atomic E-state index is -0.259. The predicted octanol–water partition coefficient (Wildman–Crippen LogP) is 8.30. The molecule has 0 saturated heterocycles. The van der Waals surface area contributed by atoms with E-state index in [1.54, 1.807) is 19.2 Å². The van der Waals surface area contributed by atoms with Crippen molar-refractivity contribution in [1.29, 1.82) is 0 Å². The van der Waals surface area contributed by atoms with Crippen LogP contribution in [0.25, 0.3) is 0 Å². The first-order valence-corrected chi connectivity index (χ1v) is 18.1. The van der Waals surface area contributed by atoms with Gasteiger partial charge in [0.15, 0.2) is 0 Å². The molecule has 4 aromatic rings. The maximum atomic E-state index is 13.3. The van der Waals surface area contributed by atoms with Gasteiger partial charge in [-0.05, 0) is 116 Å². The molecular weight excluding hydrogens is 609 g/mol. The lowest BCUT2D eigenvalue weighted by Crippen LogP contribution is -2.47. The van der Waals surface area contributed by atoms with E-state index in [2.05, 4.69) is 90.4 Å². The molecule has 4 aromatic carbocycles. The van der Waals surface area contributed by atoms with Gasteiger partial charge in [0.25, 0.3) is 0 Å². The number of aryl methyl sites for hydroxylation is 2. The van der Waals surface area contributed by atoms with Crippen LogP contribution >= 0.6 is 0 Å². The average molecular weight is 664 g/mol. The SMILES string of the molecule is COc1cc2c(cc1C)CCNC2(CCCCN)CCCC(CCCNC(=O)CCc1ccc(F)cc1)(c1ccccc1)c1ccccc1. The summed E-state index contributed by atoms with van der Waals surface area (Å²) in [6.07, 6.45) is 9.91. The van der Waals surface area contributed by atoms with Gasteiger partial charge in [0.2, 0.25) is 5.91 Å². The Bertz CT molecular complexity index is 1570. The number of nitrogens with two attached hydrogens (primary N) is 1. The summed E-state index contributed by atoms with van der Waals surface area (Å²) in [5.74, 6) is 0.722. The molecule has 5 rings (SSSR count). The van der Waals surface area contributed by atoms with E-state index in [0.29, 0.717) is 25.9 Å². The number of fused-ring (bicyclic) bond motifs is 1. The predicted molar refractivity (Wildman–Crippen MR) is 199 cm³/mol. The molecule has 0 aromatic heterocycles. The summed E-state index contributed by atoms with van der Waals surface area (Å²) in [6, 6.07) is 32.9. The van der Waals surface area contributed by atoms with Crippen molar-refractivity contribution in [2.24, 2.45) is 5.73 Å². The lowest BCUT2D eigenvalue weighted by molar-refractivity contribution is -0.121. The monoisotopic (exact) mass is 663 g/mol. The zero-order valence-corrected chi connectivity index (χ0v) is 29.4. The van der Waals surface area contributed by atoms with E-state index in [0.717, 1.165) is 75.6 Å². The van der Waals surface area contributed by atoms with Crippen molar-refractivity contribution in [2.75, 3.05) is 26.7 Å². The molecule has 1 heterocycles. The molecule has 0 spiro atoms. The Labute approximate surface area is 292 Å². The Morgan fingerprint density at radius 3 is 2.20 bits per heavy atom. The van der Waals surface area contributed by atoms with Gasteiger partial charge >= 0.3 is 0 Å². The third-order valence-electron chi connectivity index (χ3n) is 10.6. The summed E-state index contributed by atoms with van der Waals surface area (Å²) >= 11 is 0. The fourth-order valence-electron chi connectivity index (χ4n) is 7.98. The molecule has 1 aliphatic rings. The number of hydrogen-bond acceptors (Lipinski definition) is 4. The van der Waals surface area contributed by atoms with Crippen LogP contribution in [-0.2, 0) is 28.6 Å². The maximum Gasteiger partial charge on any atom is 0.220 e. The number of halogens is 1. The van der Waals surface area contributed by atoms with Crippen molar-refractivity contribution in [3.63, 3.8) is 0 Å². The summed E-state index contributed by atoms with van der Waals surface area (Å²) in [6.45, 7) is 4.42. The number of methoxy groups -OCH3 is 1. The second-order valence-corrected chi connectivity index (χ2v) is 13.7. The van der Waals surface area contributed by atoms with E-state index in [1.807, 2.05) is 0 Å². The van der Waals surface area contributed by atoms with Gasteiger partial charge in [-0.3, -0.25) is 4.79 Å². The molecule has 1 unspecified atom stereocenters. The Morgan fingerprint density at radius 2 is 1.55 bits per heavy atom. The lowest BCUT2D eigenvalue weighted by Gasteiger charge is -2.43. The van der Waals surface area contributed by atoms with Crippen LogP contribution in [0.15, 0.2) is 97.1 Å². The van der Waals surface area contributed by atoms with Gasteiger partial charge in [0.1, 0.15) is 11.6 Å². The largest absolute Gasteiger partial charge is 0.496 e. The molecule has 1 atom stereocenters. The number of benzene rings is 4. The van der Waals surface area contributed by atoms with Crippen molar-refractivity contribution in [3.05, 3.63) is 136 Å². The van der Waals surface area contributed by atoms with Crippen LogP contribution in [0.4, 0.5) is 4.39 Å². The van der Waals surface area contributed by atoms with Gasteiger partial charge < -0.3 is 21.1 Å². The van der Waals surface area contributed by atoms with Crippen LogP contribution in [0.3, 0.4) is 0 Å². The smallest absolute Gasteiger partial charge is 0.220 e. The molecule has 0 saturated carbocycles. The molecule has 1 amide bonds. The average Bonchev–Trinajstić information content (AvgIpc) is 3.13. The molecule has 49 heavy (non-hydrogen) atoms. The quantitative estimate of drug-likeness (QED) is 0.0937. The molecule has 0 bridgehead atoms. The number of carbonyl (C=O) groups is 1. The van der Waals surface area contributed by atoms with E-state index in [4.69, 9.17) is 10.5 Å². The molecular formula is C43H54FN3O2. The number of carbonyl (C=O) groups excluding carboxylic acids is 1. The molecule has 4 N–H and O–H groups in total. The van der Waals surface area contributed by atoms with E-state index >= 15 is 0 Å². The summed E-state index contributed by atoms with van der Waals surface area (Å²) in [5, 5.41) is 7.18. The maximum absolute atomic E-state index is 13.3. The Kier molecular flexibility index (Phi) is 13.0. The zero-order chi connectivity index (χ0) is 34.5. The number of unbranched alkanes of at least 4 members (excludes halogenated alkanes) is 1. The fraction of sp³-hybridized carbons (Fsp3) is 0.419. The summed E-state index contributed by atoms with van der Waals surface area (Å²) in [4.78, 5) is 12.8. The first kappa shape index (κ1) is 36.3. The highest BCUT2D eigenvalue weighted by atomic mass is 19.1. The molecule has 5 nitrogen and oxygen atoms in total. The number of nitrogens with one attached hydrogen (secondary N) is 2. The van der Waals surface area contributed by atoms with Crippen LogP contribution in [0.5, 0.6) is 5.75 Å². The topological polar surface area (TPSA) is 76.4 Å². The number of hydrogen-bond donors (Lipinski definition) is 3. The molecule has 0 aliphatic carbocycles. The third-order valence-corrected chi connectivity index (χ3v) is 10.6. The Morgan fingerprint density at radius 1 is 0.898 bits per heavy atom. The van der Waals surface area contributed by atoms with Crippen molar-refractivity contribution in [3.8, 4) is 5.75 Å². The third kappa shape index (κ3) is 9.17. The van der Waals surface area contributed by atoms with Crippen LogP contribution in [-0.4, -0.2) is 32.7 Å². The van der Waals surface area contributed by atoms with Crippen molar-refractivity contribution >= 4 is 5.91 Å². The summed E-state index contributed by atoms with van der Waals surface area (Å²) in [7, 11) is 1.77. The van der Waals surface area contributed by atoms with Crippen LogP contribution in [0.1, 0.15) is 91.2 Å². The van der Waals surface area contributed by atoms with Gasteiger partial charge in [-0.1, -0.05) is 91.7 Å². The Hall–Kier alpha value is -4.00. The minimum Gasteiger partial charge on any atom is -0.496 e. The first-order chi connectivity index (χ1) is 23.9. The molecule has 1 aliphatic heterocycles. The highest BCUT2D eigenvalue weighted by Gasteiger charge is 2.39. The van der Waals surface area contributed by atoms with E-state index in [-0.39, 0.29) is 22.7 Å². The van der Waals surface area contributed by atoms with E-state index in [9.17, 15) is 9.18 Å². The first-order valence-electron chi connectivity index (χ1n) is 18.1. The molecule has 6 heteroatoms. The van der Waals surface area contributed by atoms with Gasteiger partial charge in [-0.15, -0.1) is 0 Å². The minimum absolute atomic E-state index is 0.0291. The number of rotatable bonds is 18. The van der Waals surface area contributed by atoms with Crippen molar-refractivity contribution in [2.45, 2.75) is 88.5 Å². The van der Waals surface area contributed by atoms with E-state index < -0.39 is 0 Å². The van der Waals surface area contributed by atoms with Crippen LogP contribution < -0.4 is 21.1 Å². The summed E-state index contributed by atoms with van der Waals surface area (Å²) in [5.41, 5.74) is 13.2. The van der Waals surface area contributed by atoms with Gasteiger partial charge in [0, 0.05) is 30.5 Å². The zero-order valence-electron chi connectivity index (χ0n) is 29.4. The van der Waals surface area contributed by atoms with Crippen LogP contribution in [0.2, 0.25) is 0 Å². The Balaban J connectivity index is 1.36. The highest BCUT2D eigenvalue weighted by molar-refractivity contribution is 5.76. The van der Waals surface area contributed by atoms with Crippen LogP contribution in [0, 0.1) is 12.7 Å².